The van der Waals surface area contributed by atoms with Crippen LogP contribution in [0.2, 0.25) is 0 Å². The second-order valence-corrected chi connectivity index (χ2v) is 8.30. The predicted molar refractivity (Wildman–Crippen MR) is 117 cm³/mol. The zero-order chi connectivity index (χ0) is 22.1. The molecule has 1 saturated carbocycles. The molecular formula is C23H25F2N5O. The molecule has 6 nitrogen and oxygen atoms in total. The number of para-hydroxylation sites is 1. The van der Waals surface area contributed by atoms with E-state index in [1.165, 1.54) is 13.0 Å². The summed E-state index contributed by atoms with van der Waals surface area (Å²) in [6.07, 6.45) is 7.57. The van der Waals surface area contributed by atoms with Crippen LogP contribution in [-0.4, -0.2) is 34.1 Å². The van der Waals surface area contributed by atoms with E-state index in [9.17, 15) is 13.6 Å². The first kappa shape index (κ1) is 21.0. The summed E-state index contributed by atoms with van der Waals surface area (Å²) in [5.41, 5.74) is 0.593. The summed E-state index contributed by atoms with van der Waals surface area (Å²) in [6, 6.07) is 7.39. The SMILES string of the molecule is CC(=O)Nc1ccccc1-c1cnc(NCC2(C3(C)NC=CC=C3F)CC(F)C2)nc1. The molecule has 1 atom stereocenters. The largest absolute Gasteiger partial charge is 0.379 e. The molecule has 8 heteroatoms. The van der Waals surface area contributed by atoms with Crippen LogP contribution >= 0.6 is 0 Å². The van der Waals surface area contributed by atoms with Gasteiger partial charge in [0.25, 0.3) is 0 Å². The van der Waals surface area contributed by atoms with E-state index in [4.69, 9.17) is 0 Å². The molecule has 4 rings (SSSR count). The molecule has 1 amide bonds. The molecule has 0 saturated heterocycles. The summed E-state index contributed by atoms with van der Waals surface area (Å²) in [5.74, 6) is -0.0964. The zero-order valence-corrected chi connectivity index (χ0v) is 17.5. The molecule has 1 unspecified atom stereocenters. The van der Waals surface area contributed by atoms with Gasteiger partial charge in [0.1, 0.15) is 12.0 Å². The molecule has 1 fully saturated rings. The second kappa shape index (κ2) is 8.09. The molecule has 1 aliphatic carbocycles. The lowest BCUT2D eigenvalue weighted by atomic mass is 9.55. The number of hydrogen-bond acceptors (Lipinski definition) is 5. The second-order valence-electron chi connectivity index (χ2n) is 8.30. The van der Waals surface area contributed by atoms with E-state index in [2.05, 4.69) is 25.9 Å². The number of nitrogens with zero attached hydrogens (tertiary/aromatic N) is 2. The third-order valence-electron chi connectivity index (χ3n) is 6.26. The van der Waals surface area contributed by atoms with Crippen LogP contribution in [0.5, 0.6) is 0 Å². The Bertz CT molecular complexity index is 1030. The molecular weight excluding hydrogens is 400 g/mol. The first-order valence-corrected chi connectivity index (χ1v) is 10.2. The van der Waals surface area contributed by atoms with Crippen molar-refractivity contribution in [2.75, 3.05) is 17.2 Å². The molecule has 0 bridgehead atoms. The maximum absolute atomic E-state index is 14.7. The van der Waals surface area contributed by atoms with Crippen LogP contribution in [0.1, 0.15) is 26.7 Å². The molecule has 0 radical (unpaired) electrons. The van der Waals surface area contributed by atoms with Gasteiger partial charge in [0, 0.05) is 48.1 Å². The number of benzene rings is 1. The Hall–Kier alpha value is -3.29. The fourth-order valence-electron chi connectivity index (χ4n) is 4.35. The number of hydrogen-bond donors (Lipinski definition) is 3. The summed E-state index contributed by atoms with van der Waals surface area (Å²) in [5, 5.41) is 9.05. The third kappa shape index (κ3) is 3.89. The summed E-state index contributed by atoms with van der Waals surface area (Å²) in [7, 11) is 0. The van der Waals surface area contributed by atoms with Crippen molar-refractivity contribution in [3.8, 4) is 11.1 Å². The molecule has 1 aromatic carbocycles. The Morgan fingerprint density at radius 2 is 1.97 bits per heavy atom. The molecule has 1 aromatic heterocycles. The van der Waals surface area contributed by atoms with Crippen LogP contribution in [0.3, 0.4) is 0 Å². The maximum atomic E-state index is 14.7. The van der Waals surface area contributed by atoms with E-state index >= 15 is 0 Å². The molecule has 2 heterocycles. The van der Waals surface area contributed by atoms with Gasteiger partial charge in [-0.2, -0.15) is 0 Å². The van der Waals surface area contributed by atoms with Crippen LogP contribution in [0.4, 0.5) is 20.4 Å². The number of halogens is 2. The number of dihydropyridines is 1. The summed E-state index contributed by atoms with van der Waals surface area (Å²) >= 11 is 0. The number of nitrogens with one attached hydrogen (secondary N) is 3. The fraction of sp³-hybridized carbons (Fsp3) is 0.348. The van der Waals surface area contributed by atoms with Gasteiger partial charge in [-0.3, -0.25) is 4.79 Å². The topological polar surface area (TPSA) is 78.9 Å². The number of alkyl halides is 1. The normalized spacial score (nSPS) is 27.0. The van der Waals surface area contributed by atoms with Gasteiger partial charge in [0.15, 0.2) is 0 Å². The van der Waals surface area contributed by atoms with Crippen LogP contribution in [0, 0.1) is 5.41 Å². The van der Waals surface area contributed by atoms with E-state index in [1.807, 2.05) is 24.3 Å². The van der Waals surface area contributed by atoms with Crippen LogP contribution in [0.15, 0.2) is 60.8 Å². The fourth-order valence-corrected chi connectivity index (χ4v) is 4.35. The van der Waals surface area contributed by atoms with Gasteiger partial charge in [0.05, 0.1) is 5.54 Å². The Morgan fingerprint density at radius 1 is 1.26 bits per heavy atom. The average Bonchev–Trinajstić information content (AvgIpc) is 2.73. The first-order valence-electron chi connectivity index (χ1n) is 10.2. The molecule has 3 N–H and O–H groups in total. The number of anilines is 2. The lowest BCUT2D eigenvalue weighted by molar-refractivity contribution is -0.114. The Kier molecular flexibility index (Phi) is 5.47. The van der Waals surface area contributed by atoms with Crippen molar-refractivity contribution in [1.82, 2.24) is 15.3 Å². The van der Waals surface area contributed by atoms with E-state index in [0.717, 1.165) is 11.1 Å². The van der Waals surface area contributed by atoms with Gasteiger partial charge in [0.2, 0.25) is 11.9 Å². The van der Waals surface area contributed by atoms with Crippen LogP contribution in [-0.2, 0) is 4.79 Å². The first-order chi connectivity index (χ1) is 14.8. The number of allylic oxidation sites excluding steroid dienone is 2. The summed E-state index contributed by atoms with van der Waals surface area (Å²) < 4.78 is 28.6. The van der Waals surface area contributed by atoms with Crippen molar-refractivity contribution in [2.45, 2.75) is 38.4 Å². The molecule has 162 valence electrons. The standard InChI is InChI=1S/C23H25F2N5O/c1-15(31)30-19-7-4-3-6-18(19)16-12-26-21(27-13-16)28-14-23(10-17(24)11-23)22(2)20(25)8-5-9-29-22/h3-9,12-13,17,29H,10-11,14H2,1-2H3,(H,30,31)(H,26,27,28). The highest BCUT2D eigenvalue weighted by Gasteiger charge is 2.58. The van der Waals surface area contributed by atoms with Crippen molar-refractivity contribution >= 4 is 17.5 Å². The Morgan fingerprint density at radius 3 is 2.61 bits per heavy atom. The van der Waals surface area contributed by atoms with Crippen molar-refractivity contribution in [3.63, 3.8) is 0 Å². The highest BCUT2D eigenvalue weighted by molar-refractivity contribution is 5.93. The lowest BCUT2D eigenvalue weighted by Gasteiger charge is -2.55. The van der Waals surface area contributed by atoms with Gasteiger partial charge in [-0.25, -0.2) is 18.7 Å². The number of aromatic nitrogens is 2. The van der Waals surface area contributed by atoms with Crippen molar-refractivity contribution in [1.29, 1.82) is 0 Å². The number of amides is 1. The smallest absolute Gasteiger partial charge is 0.222 e. The molecule has 2 aliphatic rings. The molecule has 0 spiro atoms. The summed E-state index contributed by atoms with van der Waals surface area (Å²) in [6.45, 7) is 3.54. The third-order valence-corrected chi connectivity index (χ3v) is 6.26. The average molecular weight is 425 g/mol. The minimum Gasteiger partial charge on any atom is -0.379 e. The van der Waals surface area contributed by atoms with Crippen LogP contribution in [0.25, 0.3) is 11.1 Å². The monoisotopic (exact) mass is 425 g/mol. The van der Waals surface area contributed by atoms with Gasteiger partial charge < -0.3 is 16.0 Å². The number of rotatable bonds is 6. The Labute approximate surface area is 179 Å². The number of carbonyl (C=O) groups is 1. The van der Waals surface area contributed by atoms with Gasteiger partial charge in [-0.15, -0.1) is 0 Å². The van der Waals surface area contributed by atoms with E-state index in [-0.39, 0.29) is 24.6 Å². The predicted octanol–water partition coefficient (Wildman–Crippen LogP) is 4.36. The molecule has 2 aromatic rings. The van der Waals surface area contributed by atoms with E-state index in [1.54, 1.807) is 31.6 Å². The van der Waals surface area contributed by atoms with Gasteiger partial charge in [-0.05, 0) is 44.2 Å². The molecule has 31 heavy (non-hydrogen) atoms. The lowest BCUT2D eigenvalue weighted by Crippen LogP contribution is -2.64. The van der Waals surface area contributed by atoms with Gasteiger partial charge >= 0.3 is 0 Å². The quantitative estimate of drug-likeness (QED) is 0.641. The van der Waals surface area contributed by atoms with E-state index < -0.39 is 17.1 Å². The van der Waals surface area contributed by atoms with Crippen LogP contribution < -0.4 is 16.0 Å². The highest BCUT2D eigenvalue weighted by Crippen LogP contribution is 2.54. The minimum absolute atomic E-state index is 0.162. The number of carbonyl (C=O) groups excluding carboxylic acids is 1. The maximum Gasteiger partial charge on any atom is 0.222 e. The zero-order valence-electron chi connectivity index (χ0n) is 17.5. The van der Waals surface area contributed by atoms with Crippen molar-refractivity contribution in [3.05, 3.63) is 60.8 Å². The summed E-state index contributed by atoms with van der Waals surface area (Å²) in [4.78, 5) is 20.2. The molecule has 1 aliphatic heterocycles. The van der Waals surface area contributed by atoms with Crippen molar-refractivity contribution in [2.24, 2.45) is 5.41 Å². The van der Waals surface area contributed by atoms with Crippen molar-refractivity contribution < 1.29 is 13.6 Å². The van der Waals surface area contributed by atoms with Gasteiger partial charge in [-0.1, -0.05) is 18.2 Å². The van der Waals surface area contributed by atoms with E-state index in [0.29, 0.717) is 18.2 Å². The highest BCUT2D eigenvalue weighted by atomic mass is 19.1. The minimum atomic E-state index is -0.991. The Balaban J connectivity index is 1.50.